The summed E-state index contributed by atoms with van der Waals surface area (Å²) in [4.78, 5) is 17.3. The maximum Gasteiger partial charge on any atom is 0.304 e. The highest BCUT2D eigenvalue weighted by atomic mass is 16.5. The highest BCUT2D eigenvalue weighted by Crippen LogP contribution is 2.51. The molecule has 5 rings (SSSR count). The van der Waals surface area contributed by atoms with E-state index >= 15 is 0 Å². The van der Waals surface area contributed by atoms with E-state index in [1.807, 2.05) is 42.7 Å². The van der Waals surface area contributed by atoms with E-state index in [1.54, 1.807) is 0 Å². The van der Waals surface area contributed by atoms with E-state index in [4.69, 9.17) is 9.63 Å². The van der Waals surface area contributed by atoms with Gasteiger partial charge in [0.1, 0.15) is 11.5 Å². The molecule has 3 heterocycles. The van der Waals surface area contributed by atoms with Crippen molar-refractivity contribution >= 4 is 5.97 Å². The average molecular weight is 431 g/mol. The number of piperidine rings is 1. The topological polar surface area (TPSA) is 84.4 Å². The van der Waals surface area contributed by atoms with Crippen LogP contribution < -0.4 is 0 Å². The number of benzene rings is 1. The summed E-state index contributed by atoms with van der Waals surface area (Å²) in [5.41, 5.74) is 2.84. The van der Waals surface area contributed by atoms with Gasteiger partial charge in [0.25, 0.3) is 0 Å². The van der Waals surface area contributed by atoms with Crippen molar-refractivity contribution in [2.24, 2.45) is 17.8 Å². The molecule has 7 nitrogen and oxygen atoms in total. The smallest absolute Gasteiger partial charge is 0.304 e. The van der Waals surface area contributed by atoms with Crippen molar-refractivity contribution in [3.05, 3.63) is 59.8 Å². The third-order valence-corrected chi connectivity index (χ3v) is 6.47. The number of aliphatic carboxylic acids is 1. The molecule has 1 aromatic carbocycles. The van der Waals surface area contributed by atoms with Gasteiger partial charge in [-0.05, 0) is 36.1 Å². The summed E-state index contributed by atoms with van der Waals surface area (Å²) < 4.78 is 7.64. The molecule has 0 unspecified atom stereocenters. The Hall–Kier alpha value is -3.37. The molecule has 1 aliphatic heterocycles. The Morgan fingerprint density at radius 2 is 2.03 bits per heavy atom. The Bertz CT molecular complexity index is 1160. The molecule has 1 aliphatic carbocycles. The summed E-state index contributed by atoms with van der Waals surface area (Å²) in [6.07, 6.45) is 4.87. The fourth-order valence-corrected chi connectivity index (χ4v) is 4.64. The number of carboxylic acids is 1. The van der Waals surface area contributed by atoms with Crippen molar-refractivity contribution in [1.29, 1.82) is 0 Å². The molecule has 2 aliphatic rings. The summed E-state index contributed by atoms with van der Waals surface area (Å²) in [6, 6.07) is 10.1. The van der Waals surface area contributed by atoms with E-state index in [0.717, 1.165) is 47.9 Å². The van der Waals surface area contributed by atoms with E-state index in [9.17, 15) is 4.79 Å². The van der Waals surface area contributed by atoms with Crippen LogP contribution in [0, 0.1) is 29.6 Å². The Morgan fingerprint density at radius 1 is 1.25 bits per heavy atom. The van der Waals surface area contributed by atoms with Crippen LogP contribution in [-0.2, 0) is 17.8 Å². The molecule has 3 aromatic rings. The molecule has 0 amide bonds. The van der Waals surface area contributed by atoms with Gasteiger partial charge in [-0.3, -0.25) is 4.79 Å². The van der Waals surface area contributed by atoms with Crippen LogP contribution in [-0.4, -0.2) is 50.3 Å². The highest BCUT2D eigenvalue weighted by molar-refractivity contribution is 5.66. The van der Waals surface area contributed by atoms with Gasteiger partial charge in [0.2, 0.25) is 0 Å². The van der Waals surface area contributed by atoms with Crippen LogP contribution in [0.4, 0.5) is 0 Å². The minimum absolute atomic E-state index is 0.220. The predicted molar refractivity (Wildman–Crippen MR) is 119 cm³/mol. The molecule has 0 radical (unpaired) electrons. The minimum atomic E-state index is -0.726. The number of rotatable bonds is 7. The van der Waals surface area contributed by atoms with Gasteiger partial charge in [-0.25, -0.2) is 4.98 Å². The standard InChI is InChI=1S/C25H26N4O3/c1-2-24-26-10-12-29(24)14-19-13-23(32-27-19)18-6-3-17(4-7-18)5-8-20-21-15-28(16-22(20)21)11-9-25(30)31/h3-4,6-7,10,12-13,20-22H,2,9,11,14-16H2,1H3,(H,30,31)/t20-,21-,22+. The molecule has 7 heteroatoms. The van der Waals surface area contributed by atoms with Gasteiger partial charge in [-0.2, -0.15) is 0 Å². The maximum absolute atomic E-state index is 10.7. The predicted octanol–water partition coefficient (Wildman–Crippen LogP) is 3.15. The molecule has 1 saturated heterocycles. The van der Waals surface area contributed by atoms with E-state index in [-0.39, 0.29) is 6.42 Å². The molecule has 2 fully saturated rings. The maximum atomic E-state index is 10.7. The molecule has 164 valence electrons. The van der Waals surface area contributed by atoms with Crippen molar-refractivity contribution in [2.75, 3.05) is 19.6 Å². The van der Waals surface area contributed by atoms with E-state index < -0.39 is 5.97 Å². The lowest BCUT2D eigenvalue weighted by atomic mass is 10.1. The van der Waals surface area contributed by atoms with Crippen LogP contribution in [0.2, 0.25) is 0 Å². The number of hydrogen-bond donors (Lipinski definition) is 1. The van der Waals surface area contributed by atoms with Crippen LogP contribution in [0.1, 0.15) is 30.4 Å². The Morgan fingerprint density at radius 3 is 2.75 bits per heavy atom. The third-order valence-electron chi connectivity index (χ3n) is 6.47. The fraction of sp³-hybridized carbons (Fsp3) is 0.400. The number of aryl methyl sites for hydroxylation is 1. The van der Waals surface area contributed by atoms with Gasteiger partial charge in [0.05, 0.1) is 13.0 Å². The second-order valence-corrected chi connectivity index (χ2v) is 8.61. The van der Waals surface area contributed by atoms with E-state index in [2.05, 4.69) is 38.4 Å². The molecule has 0 bridgehead atoms. The normalized spacial score (nSPS) is 21.7. The van der Waals surface area contributed by atoms with Crippen molar-refractivity contribution in [1.82, 2.24) is 19.6 Å². The quantitative estimate of drug-likeness (QED) is 0.580. The molecular formula is C25H26N4O3. The van der Waals surface area contributed by atoms with Crippen LogP contribution in [0.15, 0.2) is 47.2 Å². The van der Waals surface area contributed by atoms with Crippen molar-refractivity contribution in [2.45, 2.75) is 26.3 Å². The monoisotopic (exact) mass is 430 g/mol. The lowest BCUT2D eigenvalue weighted by molar-refractivity contribution is -0.137. The van der Waals surface area contributed by atoms with Gasteiger partial charge in [-0.15, -0.1) is 0 Å². The summed E-state index contributed by atoms with van der Waals surface area (Å²) in [7, 11) is 0. The molecule has 2 aromatic heterocycles. The van der Waals surface area contributed by atoms with Crippen LogP contribution in [0.5, 0.6) is 0 Å². The number of fused-ring (bicyclic) bond motifs is 1. The number of aromatic nitrogens is 3. The number of imidazole rings is 1. The first-order valence-electron chi connectivity index (χ1n) is 11.1. The SMILES string of the molecule is CCc1nccn1Cc1cc(-c2ccc(C#C[C@@H]3[C@H]4CN(CCC(=O)O)C[C@@H]34)cc2)on1. The van der Waals surface area contributed by atoms with Gasteiger partial charge < -0.3 is 19.1 Å². The number of carbonyl (C=O) groups is 1. The first-order valence-corrected chi connectivity index (χ1v) is 11.1. The minimum Gasteiger partial charge on any atom is -0.481 e. The summed E-state index contributed by atoms with van der Waals surface area (Å²) in [6.45, 7) is 5.33. The van der Waals surface area contributed by atoms with Gasteiger partial charge in [0, 0.05) is 61.6 Å². The lowest BCUT2D eigenvalue weighted by Crippen LogP contribution is -2.26. The van der Waals surface area contributed by atoms with Crippen molar-refractivity contribution in [3.63, 3.8) is 0 Å². The second kappa shape index (κ2) is 8.64. The Balaban J connectivity index is 1.16. The summed E-state index contributed by atoms with van der Waals surface area (Å²) in [5, 5.41) is 13.0. The number of nitrogens with zero attached hydrogens (tertiary/aromatic N) is 4. The van der Waals surface area contributed by atoms with E-state index in [1.165, 1.54) is 0 Å². The second-order valence-electron chi connectivity index (χ2n) is 8.61. The number of carboxylic acid groups (broad SMARTS) is 1. The van der Waals surface area contributed by atoms with Crippen LogP contribution in [0.3, 0.4) is 0 Å². The highest BCUT2D eigenvalue weighted by Gasteiger charge is 2.54. The molecule has 32 heavy (non-hydrogen) atoms. The lowest BCUT2D eigenvalue weighted by Gasteiger charge is -2.16. The van der Waals surface area contributed by atoms with Crippen molar-refractivity contribution < 1.29 is 14.4 Å². The number of hydrogen-bond acceptors (Lipinski definition) is 5. The Kier molecular flexibility index (Phi) is 5.54. The van der Waals surface area contributed by atoms with Crippen molar-refractivity contribution in [3.8, 4) is 23.2 Å². The summed E-state index contributed by atoms with van der Waals surface area (Å²) >= 11 is 0. The van der Waals surface area contributed by atoms with Gasteiger partial charge >= 0.3 is 5.97 Å². The number of likely N-dealkylation sites (tertiary alicyclic amines) is 1. The zero-order valence-corrected chi connectivity index (χ0v) is 18.1. The van der Waals surface area contributed by atoms with E-state index in [0.29, 0.717) is 30.8 Å². The van der Waals surface area contributed by atoms with Crippen LogP contribution >= 0.6 is 0 Å². The molecule has 1 N–H and O–H groups in total. The fourth-order valence-electron chi connectivity index (χ4n) is 4.64. The average Bonchev–Trinajstić information content (AvgIpc) is 3.28. The molecular weight excluding hydrogens is 404 g/mol. The molecule has 1 saturated carbocycles. The third kappa shape index (κ3) is 4.32. The van der Waals surface area contributed by atoms with Gasteiger partial charge in [-0.1, -0.05) is 23.9 Å². The Labute approximate surface area is 187 Å². The zero-order chi connectivity index (χ0) is 22.1. The zero-order valence-electron chi connectivity index (χ0n) is 18.1. The summed E-state index contributed by atoms with van der Waals surface area (Å²) in [5.74, 6) is 9.44. The molecule has 3 atom stereocenters. The van der Waals surface area contributed by atoms with Gasteiger partial charge in [0.15, 0.2) is 5.76 Å². The van der Waals surface area contributed by atoms with Crippen LogP contribution in [0.25, 0.3) is 11.3 Å². The largest absolute Gasteiger partial charge is 0.481 e. The molecule has 0 spiro atoms. The first kappa shape index (κ1) is 20.5. The first-order chi connectivity index (χ1) is 15.6.